The summed E-state index contributed by atoms with van der Waals surface area (Å²) in [4.78, 5) is 14.5. The predicted molar refractivity (Wildman–Crippen MR) is 62.2 cm³/mol. The average molecular weight is 294 g/mol. The summed E-state index contributed by atoms with van der Waals surface area (Å²) in [5.41, 5.74) is 0.616. The molecule has 1 aromatic rings. The van der Waals surface area contributed by atoms with E-state index in [2.05, 4.69) is 27.5 Å². The number of rotatable bonds is 5. The van der Waals surface area contributed by atoms with Crippen molar-refractivity contribution < 1.29 is 9.90 Å². The molecule has 0 fully saturated rings. The van der Waals surface area contributed by atoms with Crippen LogP contribution in [0.15, 0.2) is 20.8 Å². The van der Waals surface area contributed by atoms with E-state index in [4.69, 9.17) is 5.11 Å². The van der Waals surface area contributed by atoms with Gasteiger partial charge >= 0.3 is 5.97 Å². The van der Waals surface area contributed by atoms with Gasteiger partial charge in [-0.2, -0.15) is 0 Å². The Bertz CT molecular complexity index is 351. The minimum absolute atomic E-state index is 0.00762. The molecule has 0 aliphatic rings. The van der Waals surface area contributed by atoms with Crippen LogP contribution in [0.25, 0.3) is 0 Å². The minimum atomic E-state index is -0.850. The highest BCUT2D eigenvalue weighted by atomic mass is 79.9. The molecule has 0 aromatic carbocycles. The summed E-state index contributed by atoms with van der Waals surface area (Å²) in [6, 6.07) is 0. The Morgan fingerprint density at radius 3 is 3.07 bits per heavy atom. The predicted octanol–water partition coefficient (Wildman–Crippen LogP) is 2.77. The largest absolute Gasteiger partial charge is 0.481 e. The van der Waals surface area contributed by atoms with E-state index in [1.54, 1.807) is 17.1 Å². The maximum atomic E-state index is 10.4. The zero-order chi connectivity index (χ0) is 10.6. The van der Waals surface area contributed by atoms with Crippen LogP contribution in [0.2, 0.25) is 0 Å². The summed E-state index contributed by atoms with van der Waals surface area (Å²) >= 11 is 6.25. The molecule has 0 atom stereocenters. The molecule has 0 radical (unpaired) electrons. The highest BCUT2D eigenvalue weighted by molar-refractivity contribution is 9.11. The molecular weight excluding hydrogens is 286 g/mol. The van der Waals surface area contributed by atoms with E-state index in [9.17, 15) is 4.79 Å². The number of aromatic nitrogens is 1. The summed E-state index contributed by atoms with van der Waals surface area (Å²) < 4.78 is 1.78. The van der Waals surface area contributed by atoms with E-state index in [0.29, 0.717) is 5.69 Å². The monoisotopic (exact) mass is 293 g/mol. The lowest BCUT2D eigenvalue weighted by Gasteiger charge is -1.93. The smallest absolute Gasteiger partial charge is 0.309 e. The van der Waals surface area contributed by atoms with E-state index in [1.165, 1.54) is 11.3 Å². The second-order valence-corrected chi connectivity index (χ2v) is 5.68. The number of carbonyl (C=O) groups is 1. The van der Waals surface area contributed by atoms with Gasteiger partial charge in [0.05, 0.1) is 12.1 Å². The average Bonchev–Trinajstić information content (AvgIpc) is 2.47. The van der Waals surface area contributed by atoms with Crippen molar-refractivity contribution >= 4 is 45.0 Å². The molecule has 0 spiro atoms. The number of aliphatic carboxylic acids is 1. The van der Waals surface area contributed by atoms with Crippen molar-refractivity contribution in [2.24, 2.45) is 0 Å². The van der Waals surface area contributed by atoms with Crippen LogP contribution in [0.5, 0.6) is 0 Å². The standard InChI is InChI=1S/C8H8BrNO2S2/c1-5(9)3-13-8-10-6(4-14-8)2-7(11)12/h4H,1-3H2,(H,11,12). The van der Waals surface area contributed by atoms with Crippen LogP contribution in [-0.4, -0.2) is 21.8 Å². The number of hydrogen-bond donors (Lipinski definition) is 1. The van der Waals surface area contributed by atoms with Crippen molar-refractivity contribution in [2.75, 3.05) is 5.75 Å². The molecule has 0 saturated carbocycles. The van der Waals surface area contributed by atoms with Gasteiger partial charge in [-0.15, -0.1) is 11.3 Å². The van der Waals surface area contributed by atoms with Crippen molar-refractivity contribution in [1.29, 1.82) is 0 Å². The van der Waals surface area contributed by atoms with Crippen molar-refractivity contribution in [3.05, 3.63) is 22.1 Å². The third-order valence-corrected chi connectivity index (χ3v) is 4.02. The van der Waals surface area contributed by atoms with Crippen LogP contribution in [0.4, 0.5) is 0 Å². The van der Waals surface area contributed by atoms with Gasteiger partial charge in [0.2, 0.25) is 0 Å². The van der Waals surface area contributed by atoms with Gasteiger partial charge in [0.15, 0.2) is 0 Å². The van der Waals surface area contributed by atoms with Crippen LogP contribution in [0.3, 0.4) is 0 Å². The van der Waals surface area contributed by atoms with Gasteiger partial charge in [-0.3, -0.25) is 4.79 Å². The summed E-state index contributed by atoms with van der Waals surface area (Å²) in [6.07, 6.45) is -0.00762. The van der Waals surface area contributed by atoms with Gasteiger partial charge in [0.1, 0.15) is 4.34 Å². The highest BCUT2D eigenvalue weighted by Crippen LogP contribution is 2.25. The Balaban J connectivity index is 2.50. The molecule has 1 rings (SSSR count). The first-order valence-corrected chi connectivity index (χ1v) is 6.36. The second-order valence-electron chi connectivity index (χ2n) is 2.48. The molecule has 6 heteroatoms. The van der Waals surface area contributed by atoms with Gasteiger partial charge < -0.3 is 5.11 Å². The van der Waals surface area contributed by atoms with Crippen molar-refractivity contribution in [1.82, 2.24) is 4.98 Å². The molecule has 1 N–H and O–H groups in total. The fraction of sp³-hybridized carbons (Fsp3) is 0.250. The third kappa shape index (κ3) is 4.26. The fourth-order valence-corrected chi connectivity index (χ4v) is 2.67. The molecule has 0 amide bonds. The first-order valence-electron chi connectivity index (χ1n) is 3.70. The summed E-state index contributed by atoms with van der Waals surface area (Å²) in [6.45, 7) is 3.70. The molecule has 1 aromatic heterocycles. The van der Waals surface area contributed by atoms with Gasteiger partial charge in [-0.1, -0.05) is 34.3 Å². The van der Waals surface area contributed by atoms with Crippen LogP contribution >= 0.6 is 39.0 Å². The number of nitrogens with zero attached hydrogens (tertiary/aromatic N) is 1. The first kappa shape index (κ1) is 11.7. The highest BCUT2D eigenvalue weighted by Gasteiger charge is 2.06. The molecule has 14 heavy (non-hydrogen) atoms. The fourth-order valence-electron chi connectivity index (χ4n) is 0.731. The Kier molecular flexibility index (Phi) is 4.64. The zero-order valence-corrected chi connectivity index (χ0v) is 10.4. The summed E-state index contributed by atoms with van der Waals surface area (Å²) in [5.74, 6) is -0.100. The van der Waals surface area contributed by atoms with E-state index >= 15 is 0 Å². The molecule has 76 valence electrons. The van der Waals surface area contributed by atoms with Gasteiger partial charge in [0, 0.05) is 11.1 Å². The van der Waals surface area contributed by atoms with Crippen LogP contribution in [-0.2, 0) is 11.2 Å². The Morgan fingerprint density at radius 1 is 1.79 bits per heavy atom. The Morgan fingerprint density at radius 2 is 2.50 bits per heavy atom. The lowest BCUT2D eigenvalue weighted by atomic mass is 10.3. The van der Waals surface area contributed by atoms with Gasteiger partial charge in [-0.05, 0) is 4.48 Å². The van der Waals surface area contributed by atoms with Crippen molar-refractivity contribution in [2.45, 2.75) is 10.8 Å². The minimum Gasteiger partial charge on any atom is -0.481 e. The Hall–Kier alpha value is -0.330. The number of carboxylic acids is 1. The SMILES string of the molecule is C=C(Br)CSc1nc(CC(=O)O)cs1. The van der Waals surface area contributed by atoms with E-state index in [-0.39, 0.29) is 6.42 Å². The first-order chi connectivity index (χ1) is 6.58. The molecular formula is C8H8BrNO2S2. The van der Waals surface area contributed by atoms with Crippen LogP contribution in [0, 0.1) is 0 Å². The van der Waals surface area contributed by atoms with Gasteiger partial charge in [0.25, 0.3) is 0 Å². The molecule has 0 bridgehead atoms. The van der Waals surface area contributed by atoms with E-state index in [0.717, 1.165) is 14.6 Å². The lowest BCUT2D eigenvalue weighted by molar-refractivity contribution is -0.136. The van der Waals surface area contributed by atoms with E-state index < -0.39 is 5.97 Å². The lowest BCUT2D eigenvalue weighted by Crippen LogP contribution is -1.99. The summed E-state index contributed by atoms with van der Waals surface area (Å²) in [5, 5.41) is 10.3. The Labute approximate surface area is 98.4 Å². The van der Waals surface area contributed by atoms with Crippen molar-refractivity contribution in [3.63, 3.8) is 0 Å². The van der Waals surface area contributed by atoms with Crippen molar-refractivity contribution in [3.8, 4) is 0 Å². The normalized spacial score (nSPS) is 10.1. The summed E-state index contributed by atoms with van der Waals surface area (Å²) in [7, 11) is 0. The maximum absolute atomic E-state index is 10.4. The molecule has 0 unspecified atom stereocenters. The van der Waals surface area contributed by atoms with Gasteiger partial charge in [-0.25, -0.2) is 4.98 Å². The van der Waals surface area contributed by atoms with E-state index in [1.807, 2.05) is 0 Å². The van der Waals surface area contributed by atoms with Crippen LogP contribution < -0.4 is 0 Å². The number of carboxylic acid groups (broad SMARTS) is 1. The van der Waals surface area contributed by atoms with Crippen LogP contribution in [0.1, 0.15) is 5.69 Å². The number of thiazole rings is 1. The number of thioether (sulfide) groups is 1. The quantitative estimate of drug-likeness (QED) is 0.848. The molecule has 3 nitrogen and oxygen atoms in total. The molecule has 1 heterocycles. The number of hydrogen-bond acceptors (Lipinski definition) is 4. The molecule has 0 aliphatic carbocycles. The molecule has 0 aliphatic heterocycles. The third-order valence-electron chi connectivity index (χ3n) is 1.22. The molecule has 0 saturated heterocycles. The second kappa shape index (κ2) is 5.53. The topological polar surface area (TPSA) is 50.2 Å². The maximum Gasteiger partial charge on any atom is 0.309 e. The zero-order valence-electron chi connectivity index (χ0n) is 7.20. The number of halogens is 1.